The molecule has 0 aliphatic rings. The summed E-state index contributed by atoms with van der Waals surface area (Å²) in [6.07, 6.45) is 0.0935. The summed E-state index contributed by atoms with van der Waals surface area (Å²) in [7, 11) is 0. The van der Waals surface area contributed by atoms with Crippen LogP contribution in [-0.4, -0.2) is 35.1 Å². The Morgan fingerprint density at radius 2 is 1.90 bits per heavy atom. The smallest absolute Gasteiger partial charge is 0.348 e. The van der Waals surface area contributed by atoms with Crippen LogP contribution >= 0.6 is 11.3 Å². The number of aromatic nitrogens is 2. The lowest BCUT2D eigenvalue weighted by molar-refractivity contribution is -0.145. The number of fused-ring (bicyclic) bond motifs is 1. The normalized spacial score (nSPS) is 10.8. The number of ether oxygens (including phenoxy) is 3. The van der Waals surface area contributed by atoms with Crippen molar-refractivity contribution in [2.24, 2.45) is 0 Å². The van der Waals surface area contributed by atoms with E-state index in [2.05, 4.69) is 9.97 Å². The number of carbonyl (C=O) groups excluding carboxylic acids is 2. The lowest BCUT2D eigenvalue weighted by Gasteiger charge is -2.10. The molecule has 0 aliphatic heterocycles. The zero-order chi connectivity index (χ0) is 22.5. The third kappa shape index (κ3) is 5.29. The van der Waals surface area contributed by atoms with Gasteiger partial charge in [-0.3, -0.25) is 4.79 Å². The maximum atomic E-state index is 12.1. The number of thiophene rings is 1. The van der Waals surface area contributed by atoms with Gasteiger partial charge in [-0.05, 0) is 50.5 Å². The summed E-state index contributed by atoms with van der Waals surface area (Å²) < 4.78 is 16.0. The summed E-state index contributed by atoms with van der Waals surface area (Å²) in [6.45, 7) is 7.82. The average Bonchev–Trinajstić information content (AvgIpc) is 3.06. The Morgan fingerprint density at radius 1 is 1.13 bits per heavy atom. The summed E-state index contributed by atoms with van der Waals surface area (Å²) >= 11 is 1.18. The van der Waals surface area contributed by atoms with Crippen LogP contribution < -0.4 is 10.5 Å². The molecule has 8 nitrogen and oxygen atoms in total. The van der Waals surface area contributed by atoms with Gasteiger partial charge in [-0.1, -0.05) is 12.1 Å². The maximum Gasteiger partial charge on any atom is 0.348 e. The van der Waals surface area contributed by atoms with Gasteiger partial charge in [0.15, 0.2) is 12.4 Å². The first-order valence-corrected chi connectivity index (χ1v) is 10.7. The molecule has 3 rings (SSSR count). The summed E-state index contributed by atoms with van der Waals surface area (Å²) in [6, 6.07) is 5.91. The van der Waals surface area contributed by atoms with Gasteiger partial charge in [-0.15, -0.1) is 11.3 Å². The number of nitrogen functional groups attached to an aromatic ring is 1. The second-order valence-electron chi connectivity index (χ2n) is 7.01. The first kappa shape index (κ1) is 22.5. The molecule has 9 heteroatoms. The Hall–Kier alpha value is -3.20. The predicted octanol–water partition coefficient (Wildman–Crippen LogP) is 3.89. The maximum absolute atomic E-state index is 12.1. The molecule has 31 heavy (non-hydrogen) atoms. The molecular formula is C22H25N3O5S. The topological polar surface area (TPSA) is 114 Å². The van der Waals surface area contributed by atoms with E-state index in [0.717, 1.165) is 16.9 Å². The van der Waals surface area contributed by atoms with Gasteiger partial charge in [0.05, 0.1) is 25.0 Å². The van der Waals surface area contributed by atoms with Crippen molar-refractivity contribution < 1.29 is 23.8 Å². The number of esters is 2. The van der Waals surface area contributed by atoms with E-state index in [-0.39, 0.29) is 37.9 Å². The zero-order valence-electron chi connectivity index (χ0n) is 18.0. The van der Waals surface area contributed by atoms with Gasteiger partial charge in [0.1, 0.15) is 21.3 Å². The second kappa shape index (κ2) is 9.74. The van der Waals surface area contributed by atoms with Gasteiger partial charge in [0, 0.05) is 0 Å². The fraction of sp³-hybridized carbons (Fsp3) is 0.364. The van der Waals surface area contributed by atoms with E-state index in [1.807, 2.05) is 32.0 Å². The van der Waals surface area contributed by atoms with Crippen molar-refractivity contribution in [3.63, 3.8) is 0 Å². The Morgan fingerprint density at radius 3 is 2.65 bits per heavy atom. The van der Waals surface area contributed by atoms with Crippen LogP contribution in [0, 0.1) is 20.8 Å². The standard InChI is InChI=1S/C22H25N3O5S/c1-5-28-22(27)19-14(4)18-20(23)24-16(25-21(18)31-19)11-30-17(26)8-9-29-15-10-12(2)6-7-13(15)3/h6-7,10H,5,8-9,11H2,1-4H3,(H2,23,24,25). The molecule has 0 amide bonds. The monoisotopic (exact) mass is 443 g/mol. The molecule has 0 saturated heterocycles. The van der Waals surface area contributed by atoms with Crippen LogP contribution in [0.4, 0.5) is 5.82 Å². The first-order chi connectivity index (χ1) is 14.8. The molecule has 164 valence electrons. The van der Waals surface area contributed by atoms with Crippen molar-refractivity contribution in [3.05, 3.63) is 45.6 Å². The number of hydrogen-bond donors (Lipinski definition) is 1. The highest BCUT2D eigenvalue weighted by Gasteiger charge is 2.20. The zero-order valence-corrected chi connectivity index (χ0v) is 18.8. The van der Waals surface area contributed by atoms with E-state index < -0.39 is 11.9 Å². The van der Waals surface area contributed by atoms with Gasteiger partial charge < -0.3 is 19.9 Å². The molecule has 0 bridgehead atoms. The van der Waals surface area contributed by atoms with Crippen LogP contribution in [0.25, 0.3) is 10.2 Å². The van der Waals surface area contributed by atoms with E-state index in [4.69, 9.17) is 19.9 Å². The van der Waals surface area contributed by atoms with Crippen molar-refractivity contribution in [1.29, 1.82) is 0 Å². The third-order valence-electron chi connectivity index (χ3n) is 4.59. The van der Waals surface area contributed by atoms with Crippen LogP contribution in [0.5, 0.6) is 5.75 Å². The summed E-state index contributed by atoms with van der Waals surface area (Å²) in [5.74, 6) is 0.408. The molecule has 3 aromatic rings. The van der Waals surface area contributed by atoms with Crippen molar-refractivity contribution in [1.82, 2.24) is 9.97 Å². The number of aryl methyl sites for hydroxylation is 3. The van der Waals surface area contributed by atoms with Crippen molar-refractivity contribution in [2.45, 2.75) is 40.7 Å². The average molecular weight is 444 g/mol. The Kier molecular flexibility index (Phi) is 7.06. The molecule has 0 spiro atoms. The first-order valence-electron chi connectivity index (χ1n) is 9.88. The summed E-state index contributed by atoms with van der Waals surface area (Å²) in [5.41, 5.74) is 8.84. The van der Waals surface area contributed by atoms with Gasteiger partial charge in [0.2, 0.25) is 0 Å². The highest BCUT2D eigenvalue weighted by Crippen LogP contribution is 2.33. The molecule has 0 unspecified atom stereocenters. The van der Waals surface area contributed by atoms with Gasteiger partial charge in [0.25, 0.3) is 0 Å². The Balaban J connectivity index is 1.60. The lowest BCUT2D eigenvalue weighted by Crippen LogP contribution is -2.12. The fourth-order valence-corrected chi connectivity index (χ4v) is 4.10. The van der Waals surface area contributed by atoms with Gasteiger partial charge >= 0.3 is 11.9 Å². The van der Waals surface area contributed by atoms with Crippen molar-refractivity contribution >= 4 is 39.3 Å². The SMILES string of the molecule is CCOC(=O)c1sc2nc(COC(=O)CCOc3cc(C)ccc3C)nc(N)c2c1C. The van der Waals surface area contributed by atoms with Crippen molar-refractivity contribution in [3.8, 4) is 5.75 Å². The minimum Gasteiger partial charge on any atom is -0.493 e. The Bertz CT molecular complexity index is 1130. The molecule has 0 radical (unpaired) electrons. The van der Waals surface area contributed by atoms with Crippen LogP contribution in [-0.2, 0) is 20.9 Å². The number of nitrogens with two attached hydrogens (primary N) is 1. The molecule has 2 heterocycles. The summed E-state index contributed by atoms with van der Waals surface area (Å²) in [4.78, 5) is 33.8. The van der Waals surface area contributed by atoms with E-state index in [1.165, 1.54) is 11.3 Å². The highest BCUT2D eigenvalue weighted by molar-refractivity contribution is 7.20. The molecular weight excluding hydrogens is 418 g/mol. The number of rotatable bonds is 8. The molecule has 0 aliphatic carbocycles. The lowest BCUT2D eigenvalue weighted by atomic mass is 10.1. The minimum atomic E-state index is -0.429. The van der Waals surface area contributed by atoms with Gasteiger partial charge in [-0.25, -0.2) is 14.8 Å². The van der Waals surface area contributed by atoms with Gasteiger partial charge in [-0.2, -0.15) is 0 Å². The van der Waals surface area contributed by atoms with E-state index in [9.17, 15) is 9.59 Å². The predicted molar refractivity (Wildman–Crippen MR) is 118 cm³/mol. The molecule has 0 fully saturated rings. The fourth-order valence-electron chi connectivity index (χ4n) is 3.00. The van der Waals surface area contributed by atoms with Crippen LogP contribution in [0.15, 0.2) is 18.2 Å². The van der Waals surface area contributed by atoms with E-state index >= 15 is 0 Å². The third-order valence-corrected chi connectivity index (χ3v) is 5.76. The van der Waals surface area contributed by atoms with Crippen molar-refractivity contribution in [2.75, 3.05) is 18.9 Å². The number of benzene rings is 1. The number of anilines is 1. The molecule has 1 aromatic carbocycles. The number of hydrogen-bond acceptors (Lipinski definition) is 9. The highest BCUT2D eigenvalue weighted by atomic mass is 32.1. The summed E-state index contributed by atoms with van der Waals surface area (Å²) in [5, 5.41) is 0.616. The Labute approximate surface area is 184 Å². The van der Waals surface area contributed by atoms with Crippen LogP contribution in [0.1, 0.15) is 45.5 Å². The molecule has 0 saturated carbocycles. The largest absolute Gasteiger partial charge is 0.493 e. The minimum absolute atomic E-state index is 0.0935. The molecule has 2 aromatic heterocycles. The number of nitrogens with zero attached hydrogens (tertiary/aromatic N) is 2. The quantitative estimate of drug-likeness (QED) is 0.522. The molecule has 2 N–H and O–H groups in total. The molecule has 0 atom stereocenters. The van der Waals surface area contributed by atoms with E-state index in [1.54, 1.807) is 13.8 Å². The number of carbonyl (C=O) groups is 2. The van der Waals surface area contributed by atoms with Crippen LogP contribution in [0.2, 0.25) is 0 Å². The second-order valence-corrected chi connectivity index (χ2v) is 8.01. The van der Waals surface area contributed by atoms with Crippen LogP contribution in [0.3, 0.4) is 0 Å². The van der Waals surface area contributed by atoms with E-state index in [0.29, 0.717) is 20.7 Å².